The molecule has 2 N–H and O–H groups in total. The number of aryl methyl sites for hydroxylation is 2. The topological polar surface area (TPSA) is 122 Å². The highest BCUT2D eigenvalue weighted by Gasteiger charge is 2.25. The molecule has 1 aromatic carbocycles. The first-order valence-electron chi connectivity index (χ1n) is 9.93. The lowest BCUT2D eigenvalue weighted by atomic mass is 10.1. The number of anilines is 2. The largest absolute Gasteiger partial charge is 0.442 e. The molecule has 1 saturated heterocycles. The number of halogens is 1. The first-order valence-corrected chi connectivity index (χ1v) is 9.93. The van der Waals surface area contributed by atoms with Crippen LogP contribution in [0.5, 0.6) is 0 Å². The molecule has 0 spiro atoms. The number of aliphatic hydroxyl groups excluding tert-OH is 1. The van der Waals surface area contributed by atoms with Crippen LogP contribution >= 0.6 is 12.4 Å². The lowest BCUT2D eigenvalue weighted by molar-refractivity contribution is 0.102. The molecule has 5 rings (SSSR count). The minimum atomic E-state index is -0.400. The van der Waals surface area contributed by atoms with E-state index in [0.717, 1.165) is 16.6 Å². The first kappa shape index (κ1) is 21.7. The van der Waals surface area contributed by atoms with Crippen LogP contribution in [0.1, 0.15) is 22.7 Å². The van der Waals surface area contributed by atoms with Crippen LogP contribution in [-0.2, 0) is 7.05 Å². The third kappa shape index (κ3) is 4.02. The van der Waals surface area contributed by atoms with E-state index in [4.69, 9.17) is 4.42 Å². The van der Waals surface area contributed by atoms with Crippen molar-refractivity contribution in [1.29, 1.82) is 0 Å². The van der Waals surface area contributed by atoms with Crippen molar-refractivity contribution in [2.75, 3.05) is 23.3 Å². The number of nitrogens with zero attached hydrogens (tertiary/aromatic N) is 6. The average molecular weight is 456 g/mol. The molecule has 4 aromatic rings. The molecule has 166 valence electrons. The van der Waals surface area contributed by atoms with Crippen molar-refractivity contribution in [3.05, 3.63) is 48.4 Å². The number of hydrogen-bond donors (Lipinski definition) is 2. The van der Waals surface area contributed by atoms with Crippen LogP contribution in [0, 0.1) is 6.92 Å². The van der Waals surface area contributed by atoms with Crippen molar-refractivity contribution in [2.24, 2.45) is 7.05 Å². The Morgan fingerprint density at radius 3 is 2.91 bits per heavy atom. The number of hydrogen-bond acceptors (Lipinski definition) is 8. The number of fused-ring (bicyclic) bond motifs is 1. The molecule has 0 saturated carbocycles. The van der Waals surface area contributed by atoms with Crippen molar-refractivity contribution < 1.29 is 14.3 Å². The number of oxazole rings is 1. The number of rotatable bonds is 4. The zero-order valence-corrected chi connectivity index (χ0v) is 18.3. The minimum Gasteiger partial charge on any atom is -0.442 e. The second-order valence-electron chi connectivity index (χ2n) is 7.57. The highest BCUT2D eigenvalue weighted by atomic mass is 35.5. The fourth-order valence-electron chi connectivity index (χ4n) is 3.77. The summed E-state index contributed by atoms with van der Waals surface area (Å²) in [6.07, 6.45) is 5.00. The van der Waals surface area contributed by atoms with Crippen LogP contribution in [0.2, 0.25) is 0 Å². The number of carbonyl (C=O) groups is 1. The van der Waals surface area contributed by atoms with E-state index in [1.807, 2.05) is 19.2 Å². The van der Waals surface area contributed by atoms with Crippen LogP contribution in [0.25, 0.3) is 22.5 Å². The number of aromatic nitrogens is 5. The molecule has 3 aromatic heterocycles. The van der Waals surface area contributed by atoms with Crippen LogP contribution in [0.15, 0.2) is 41.3 Å². The summed E-state index contributed by atoms with van der Waals surface area (Å²) in [6.45, 7) is 2.98. The number of benzene rings is 1. The number of nitrogens with one attached hydrogen (secondary N) is 1. The summed E-state index contributed by atoms with van der Waals surface area (Å²) < 4.78 is 7.22. The van der Waals surface area contributed by atoms with Gasteiger partial charge >= 0.3 is 0 Å². The quantitative estimate of drug-likeness (QED) is 0.481. The minimum absolute atomic E-state index is 0. The molecule has 11 heteroatoms. The van der Waals surface area contributed by atoms with E-state index in [9.17, 15) is 9.90 Å². The zero-order valence-electron chi connectivity index (χ0n) is 17.5. The number of β-amino-alcohol motifs (C(OH)–C–C–N with tert-alkyl or cyclic N) is 1. The average Bonchev–Trinajstić information content (AvgIpc) is 3.48. The monoisotopic (exact) mass is 455 g/mol. The van der Waals surface area contributed by atoms with Gasteiger partial charge in [-0.05, 0) is 31.5 Å². The van der Waals surface area contributed by atoms with E-state index >= 15 is 0 Å². The highest BCUT2D eigenvalue weighted by Crippen LogP contribution is 2.34. The summed E-state index contributed by atoms with van der Waals surface area (Å²) in [6, 6.07) is 5.54. The van der Waals surface area contributed by atoms with Gasteiger partial charge in [0.05, 0.1) is 29.2 Å². The van der Waals surface area contributed by atoms with E-state index in [-0.39, 0.29) is 30.1 Å². The van der Waals surface area contributed by atoms with E-state index in [2.05, 4.69) is 30.3 Å². The maximum atomic E-state index is 13.0. The Bertz CT molecular complexity index is 1290. The van der Waals surface area contributed by atoms with Gasteiger partial charge in [0, 0.05) is 31.7 Å². The van der Waals surface area contributed by atoms with Crippen LogP contribution in [-0.4, -0.2) is 54.9 Å². The maximum Gasteiger partial charge on any atom is 0.277 e. The number of amides is 1. The Balaban J connectivity index is 0.00000245. The summed E-state index contributed by atoms with van der Waals surface area (Å²) >= 11 is 0. The summed E-state index contributed by atoms with van der Waals surface area (Å²) in [5, 5.41) is 18.2. The number of aliphatic hydroxyl groups is 1. The Morgan fingerprint density at radius 2 is 2.16 bits per heavy atom. The number of carbonyl (C=O) groups excluding carboxylic acids is 1. The Hall–Kier alpha value is -3.50. The predicted octanol–water partition coefficient (Wildman–Crippen LogP) is 2.57. The fourth-order valence-corrected chi connectivity index (χ4v) is 3.77. The molecule has 0 aliphatic carbocycles. The Kier molecular flexibility index (Phi) is 5.81. The molecular weight excluding hydrogens is 434 g/mol. The summed E-state index contributed by atoms with van der Waals surface area (Å²) in [7, 11) is 1.85. The van der Waals surface area contributed by atoms with Crippen LogP contribution < -0.4 is 10.2 Å². The molecule has 1 fully saturated rings. The highest BCUT2D eigenvalue weighted by molar-refractivity contribution is 6.06. The second-order valence-corrected chi connectivity index (χ2v) is 7.57. The summed E-state index contributed by atoms with van der Waals surface area (Å²) in [5.74, 6) is 0.438. The van der Waals surface area contributed by atoms with Gasteiger partial charge in [0.2, 0.25) is 5.89 Å². The van der Waals surface area contributed by atoms with Gasteiger partial charge in [0.1, 0.15) is 17.8 Å². The molecule has 1 aliphatic heterocycles. The molecule has 1 aliphatic rings. The molecular formula is C21H22ClN7O3. The molecule has 0 bridgehead atoms. The predicted molar refractivity (Wildman–Crippen MR) is 121 cm³/mol. The smallest absolute Gasteiger partial charge is 0.277 e. The van der Waals surface area contributed by atoms with E-state index in [1.54, 1.807) is 30.1 Å². The molecule has 4 heterocycles. The van der Waals surface area contributed by atoms with E-state index in [0.29, 0.717) is 36.7 Å². The summed E-state index contributed by atoms with van der Waals surface area (Å²) in [4.78, 5) is 27.6. The fraction of sp³-hybridized carbons (Fsp3) is 0.286. The normalized spacial score (nSPS) is 15.7. The van der Waals surface area contributed by atoms with Crippen LogP contribution in [0.4, 0.5) is 11.4 Å². The molecule has 1 atom stereocenters. The molecule has 0 unspecified atom stereocenters. The summed E-state index contributed by atoms with van der Waals surface area (Å²) in [5.41, 5.74) is 2.99. The van der Waals surface area contributed by atoms with Gasteiger partial charge in [0.25, 0.3) is 5.91 Å². The van der Waals surface area contributed by atoms with Crippen LogP contribution in [0.3, 0.4) is 0 Å². The van der Waals surface area contributed by atoms with E-state index in [1.165, 1.54) is 6.26 Å². The van der Waals surface area contributed by atoms with Crippen molar-refractivity contribution in [1.82, 2.24) is 24.7 Å². The molecule has 10 nitrogen and oxygen atoms in total. The van der Waals surface area contributed by atoms with Gasteiger partial charge in [0.15, 0.2) is 5.69 Å². The Labute approximate surface area is 189 Å². The van der Waals surface area contributed by atoms with Gasteiger partial charge in [-0.1, -0.05) is 0 Å². The lowest BCUT2D eigenvalue weighted by Gasteiger charge is -2.22. The van der Waals surface area contributed by atoms with Gasteiger partial charge in [-0.15, -0.1) is 12.4 Å². The molecule has 0 radical (unpaired) electrons. The maximum absolute atomic E-state index is 13.0. The lowest BCUT2D eigenvalue weighted by Crippen LogP contribution is -2.23. The zero-order chi connectivity index (χ0) is 21.5. The third-order valence-electron chi connectivity index (χ3n) is 5.35. The molecule has 32 heavy (non-hydrogen) atoms. The van der Waals surface area contributed by atoms with Crippen molar-refractivity contribution >= 4 is 40.6 Å². The standard InChI is InChI=1S/C21H21N7O3.ClH/c1-12-22-5-3-15(24-12)21-26-17(11-31-21)20(30)25-16-8-18-13(9-23-27(18)2)7-19(16)28-6-4-14(29)10-28;/h3,5,7-9,11,14,29H,4,6,10H2,1-2H3,(H,25,30);1H/t14-;/m0./s1. The van der Waals surface area contributed by atoms with E-state index < -0.39 is 5.91 Å². The van der Waals surface area contributed by atoms with Crippen molar-refractivity contribution in [3.63, 3.8) is 0 Å². The first-order chi connectivity index (χ1) is 15.0. The van der Waals surface area contributed by atoms with Gasteiger partial charge in [-0.2, -0.15) is 5.10 Å². The van der Waals surface area contributed by atoms with Gasteiger partial charge in [-0.3, -0.25) is 9.48 Å². The van der Waals surface area contributed by atoms with Gasteiger partial charge < -0.3 is 19.7 Å². The van der Waals surface area contributed by atoms with Crippen molar-refractivity contribution in [3.8, 4) is 11.6 Å². The Morgan fingerprint density at radius 1 is 1.31 bits per heavy atom. The SMILES string of the molecule is Cc1nccc(-c2nc(C(=O)Nc3cc4c(cnn4C)cc3N3CC[C@H](O)C3)co2)n1.Cl. The molecule has 1 amide bonds. The van der Waals surface area contributed by atoms with Crippen molar-refractivity contribution in [2.45, 2.75) is 19.4 Å². The van der Waals surface area contributed by atoms with Gasteiger partial charge in [-0.25, -0.2) is 15.0 Å². The third-order valence-corrected chi connectivity index (χ3v) is 5.35. The second kappa shape index (κ2) is 8.56.